The molecule has 1 rings (SSSR count). The van der Waals surface area contributed by atoms with Crippen LogP contribution < -0.4 is 0 Å². The Bertz CT molecular complexity index is 542. The van der Waals surface area contributed by atoms with E-state index in [2.05, 4.69) is 27.7 Å². The van der Waals surface area contributed by atoms with Gasteiger partial charge in [0.1, 0.15) is 6.10 Å². The first-order valence-electron chi connectivity index (χ1n) is 10.1. The normalized spacial score (nSPS) is 13.5. The number of ether oxygens (including phenoxy) is 1. The van der Waals surface area contributed by atoms with Crippen molar-refractivity contribution in [2.24, 2.45) is 0 Å². The van der Waals surface area contributed by atoms with Gasteiger partial charge >= 0.3 is 5.97 Å². The van der Waals surface area contributed by atoms with Gasteiger partial charge in [-0.25, -0.2) is 4.79 Å². The average Bonchev–Trinajstić information content (AvgIpc) is 2.70. The van der Waals surface area contributed by atoms with E-state index in [-0.39, 0.29) is 12.1 Å². The summed E-state index contributed by atoms with van der Waals surface area (Å²) in [5, 5.41) is 0. The standard InChI is InChI=1S/C22H36O3Si/c1-6-10-11-15-18-20(22(23)24-5)21(19-16-13-12-14-17-19)25-26(7-2,8-3)9-4/h12-14,16-18,21H,6-11,15H2,1-5H3. The van der Waals surface area contributed by atoms with Gasteiger partial charge in [-0.3, -0.25) is 0 Å². The van der Waals surface area contributed by atoms with Crippen LogP contribution in [0.15, 0.2) is 42.0 Å². The Hall–Kier alpha value is -1.39. The predicted octanol–water partition coefficient (Wildman–Crippen LogP) is 6.43. The van der Waals surface area contributed by atoms with E-state index >= 15 is 0 Å². The van der Waals surface area contributed by atoms with E-state index in [0.717, 1.165) is 43.0 Å². The lowest BCUT2D eigenvalue weighted by Gasteiger charge is -2.34. The molecule has 0 aromatic heterocycles. The molecule has 1 unspecified atom stereocenters. The summed E-state index contributed by atoms with van der Waals surface area (Å²) in [5.74, 6) is -0.276. The van der Waals surface area contributed by atoms with Crippen molar-refractivity contribution in [3.05, 3.63) is 47.5 Å². The van der Waals surface area contributed by atoms with E-state index in [1.54, 1.807) is 0 Å². The van der Waals surface area contributed by atoms with Crippen molar-refractivity contribution in [3.8, 4) is 0 Å². The molecule has 1 atom stereocenters. The summed E-state index contributed by atoms with van der Waals surface area (Å²) in [6.07, 6.45) is 5.99. The van der Waals surface area contributed by atoms with Crippen LogP contribution in [0.1, 0.15) is 65.0 Å². The highest BCUT2D eigenvalue weighted by molar-refractivity contribution is 6.73. The van der Waals surface area contributed by atoms with Gasteiger partial charge in [0, 0.05) is 0 Å². The second-order valence-electron chi connectivity index (χ2n) is 6.80. The molecule has 0 aliphatic carbocycles. The quantitative estimate of drug-likeness (QED) is 0.182. The number of unbranched alkanes of at least 4 members (excludes halogenated alkanes) is 3. The highest BCUT2D eigenvalue weighted by Gasteiger charge is 2.35. The lowest BCUT2D eigenvalue weighted by Crippen LogP contribution is -2.38. The smallest absolute Gasteiger partial charge is 0.336 e. The predicted molar refractivity (Wildman–Crippen MR) is 112 cm³/mol. The van der Waals surface area contributed by atoms with Crippen molar-refractivity contribution in [2.75, 3.05) is 7.11 Å². The molecule has 146 valence electrons. The molecule has 0 N–H and O–H groups in total. The third-order valence-electron chi connectivity index (χ3n) is 5.28. The number of esters is 1. The van der Waals surface area contributed by atoms with Gasteiger partial charge in [0.25, 0.3) is 0 Å². The minimum atomic E-state index is -1.89. The van der Waals surface area contributed by atoms with Crippen LogP contribution in [-0.4, -0.2) is 21.4 Å². The van der Waals surface area contributed by atoms with E-state index in [4.69, 9.17) is 9.16 Å². The van der Waals surface area contributed by atoms with Crippen molar-refractivity contribution in [1.29, 1.82) is 0 Å². The van der Waals surface area contributed by atoms with Gasteiger partial charge in [0.05, 0.1) is 12.7 Å². The maximum absolute atomic E-state index is 12.6. The molecule has 0 amide bonds. The Kier molecular flexibility index (Phi) is 10.5. The zero-order valence-corrected chi connectivity index (χ0v) is 18.2. The molecule has 26 heavy (non-hydrogen) atoms. The third-order valence-corrected chi connectivity index (χ3v) is 9.88. The van der Waals surface area contributed by atoms with Gasteiger partial charge in [0.2, 0.25) is 0 Å². The summed E-state index contributed by atoms with van der Waals surface area (Å²) in [6, 6.07) is 13.2. The zero-order valence-electron chi connectivity index (χ0n) is 17.2. The SMILES string of the molecule is CCCCCC=C(C(=O)OC)C(O[Si](CC)(CC)CC)c1ccccc1. The first-order chi connectivity index (χ1) is 12.6. The molecule has 1 aromatic carbocycles. The van der Waals surface area contributed by atoms with Gasteiger partial charge in [0.15, 0.2) is 8.32 Å². The molecule has 0 heterocycles. The van der Waals surface area contributed by atoms with Crippen LogP contribution in [-0.2, 0) is 14.0 Å². The van der Waals surface area contributed by atoms with Crippen molar-refractivity contribution >= 4 is 14.3 Å². The van der Waals surface area contributed by atoms with Gasteiger partial charge < -0.3 is 9.16 Å². The van der Waals surface area contributed by atoms with Crippen molar-refractivity contribution in [1.82, 2.24) is 0 Å². The van der Waals surface area contributed by atoms with Crippen LogP contribution in [0.2, 0.25) is 18.1 Å². The number of carbonyl (C=O) groups excluding carboxylic acids is 1. The van der Waals surface area contributed by atoms with Crippen LogP contribution in [0.5, 0.6) is 0 Å². The fourth-order valence-electron chi connectivity index (χ4n) is 3.26. The maximum Gasteiger partial charge on any atom is 0.336 e. The van der Waals surface area contributed by atoms with E-state index in [9.17, 15) is 4.79 Å². The minimum absolute atomic E-state index is 0.276. The Morgan fingerprint density at radius 2 is 1.65 bits per heavy atom. The topological polar surface area (TPSA) is 35.5 Å². The van der Waals surface area contributed by atoms with Crippen molar-refractivity contribution in [2.45, 2.75) is 77.6 Å². The van der Waals surface area contributed by atoms with Crippen LogP contribution >= 0.6 is 0 Å². The molecule has 0 radical (unpaired) electrons. The number of hydrogen-bond acceptors (Lipinski definition) is 3. The summed E-state index contributed by atoms with van der Waals surface area (Å²) in [6.45, 7) is 8.82. The molecule has 3 nitrogen and oxygen atoms in total. The number of allylic oxidation sites excluding steroid dienone is 1. The molecular weight excluding hydrogens is 340 g/mol. The fourth-order valence-corrected chi connectivity index (χ4v) is 6.02. The summed E-state index contributed by atoms with van der Waals surface area (Å²) >= 11 is 0. The zero-order chi connectivity index (χ0) is 19.4. The number of carbonyl (C=O) groups is 1. The lowest BCUT2D eigenvalue weighted by atomic mass is 10.00. The van der Waals surface area contributed by atoms with Crippen LogP contribution in [0.4, 0.5) is 0 Å². The summed E-state index contributed by atoms with van der Waals surface area (Å²) in [7, 11) is -0.435. The Labute approximate surface area is 160 Å². The summed E-state index contributed by atoms with van der Waals surface area (Å²) in [4.78, 5) is 12.6. The second kappa shape index (κ2) is 12.1. The first-order valence-corrected chi connectivity index (χ1v) is 12.6. The van der Waals surface area contributed by atoms with Gasteiger partial charge in [-0.15, -0.1) is 0 Å². The van der Waals surface area contributed by atoms with E-state index in [1.807, 2.05) is 36.4 Å². The molecule has 0 bridgehead atoms. The molecule has 0 saturated carbocycles. The fraction of sp³-hybridized carbons (Fsp3) is 0.591. The van der Waals surface area contributed by atoms with Gasteiger partial charge in [-0.05, 0) is 36.5 Å². The number of rotatable bonds is 12. The number of methoxy groups -OCH3 is 1. The second-order valence-corrected chi connectivity index (χ2v) is 11.5. The van der Waals surface area contributed by atoms with E-state index in [0.29, 0.717) is 5.57 Å². The monoisotopic (exact) mass is 376 g/mol. The number of hydrogen-bond donors (Lipinski definition) is 0. The Morgan fingerprint density at radius 1 is 1.04 bits per heavy atom. The summed E-state index contributed by atoms with van der Waals surface area (Å²) in [5.41, 5.74) is 1.69. The van der Waals surface area contributed by atoms with Crippen molar-refractivity contribution < 1.29 is 14.0 Å². The highest BCUT2D eigenvalue weighted by Crippen LogP contribution is 2.35. The molecule has 0 spiro atoms. The molecule has 0 saturated heterocycles. The van der Waals surface area contributed by atoms with E-state index in [1.165, 1.54) is 13.5 Å². The van der Waals surface area contributed by atoms with Gasteiger partial charge in [-0.1, -0.05) is 76.9 Å². The Balaban J connectivity index is 3.27. The maximum atomic E-state index is 12.6. The third kappa shape index (κ3) is 6.40. The molecule has 0 fully saturated rings. The molecule has 0 aliphatic heterocycles. The molecular formula is C22H36O3Si. The molecule has 4 heteroatoms. The Morgan fingerprint density at radius 3 is 2.15 bits per heavy atom. The summed E-state index contributed by atoms with van der Waals surface area (Å²) < 4.78 is 11.9. The highest BCUT2D eigenvalue weighted by atomic mass is 28.4. The molecule has 0 aliphatic rings. The lowest BCUT2D eigenvalue weighted by molar-refractivity contribution is -0.137. The minimum Gasteiger partial charge on any atom is -0.466 e. The van der Waals surface area contributed by atoms with Gasteiger partial charge in [-0.2, -0.15) is 0 Å². The first kappa shape index (κ1) is 22.6. The average molecular weight is 377 g/mol. The molecule has 1 aromatic rings. The van der Waals surface area contributed by atoms with Crippen LogP contribution in [0, 0.1) is 0 Å². The van der Waals surface area contributed by atoms with Crippen LogP contribution in [0.3, 0.4) is 0 Å². The number of benzene rings is 1. The van der Waals surface area contributed by atoms with Crippen LogP contribution in [0.25, 0.3) is 0 Å². The van der Waals surface area contributed by atoms with Crippen molar-refractivity contribution in [3.63, 3.8) is 0 Å². The van der Waals surface area contributed by atoms with E-state index < -0.39 is 8.32 Å². The largest absolute Gasteiger partial charge is 0.466 e.